The van der Waals surface area contributed by atoms with Crippen LogP contribution in [0.5, 0.6) is 0 Å². The third-order valence-electron chi connectivity index (χ3n) is 5.97. The Hall–Kier alpha value is -3.55. The Balaban J connectivity index is 1.56. The molecular weight excluding hydrogens is 421 g/mol. The van der Waals surface area contributed by atoms with Crippen LogP contribution in [0, 0.1) is 0 Å². The predicted octanol–water partition coefficient (Wildman–Crippen LogP) is 3.25. The average molecular weight is 450 g/mol. The van der Waals surface area contributed by atoms with Crippen LogP contribution in [-0.2, 0) is 16.1 Å². The monoisotopic (exact) mass is 449 g/mol. The van der Waals surface area contributed by atoms with Gasteiger partial charge in [-0.1, -0.05) is 68.4 Å². The van der Waals surface area contributed by atoms with Crippen molar-refractivity contribution in [3.63, 3.8) is 0 Å². The zero-order valence-corrected chi connectivity index (χ0v) is 18.8. The van der Waals surface area contributed by atoms with E-state index in [1.54, 1.807) is 0 Å². The van der Waals surface area contributed by atoms with Crippen molar-refractivity contribution in [1.29, 1.82) is 0 Å². The Morgan fingerprint density at radius 2 is 1.61 bits per heavy atom. The van der Waals surface area contributed by atoms with Crippen LogP contribution in [0.3, 0.4) is 0 Å². The lowest BCUT2D eigenvalue weighted by Crippen LogP contribution is -2.48. The number of carbonyl (C=O) groups excluding carboxylic acids is 2. The molecule has 0 saturated carbocycles. The van der Waals surface area contributed by atoms with Crippen LogP contribution in [-0.4, -0.2) is 50.5 Å². The summed E-state index contributed by atoms with van der Waals surface area (Å²) in [6.45, 7) is 4.01. The van der Waals surface area contributed by atoms with Crippen molar-refractivity contribution in [3.05, 3.63) is 83.7 Å². The number of alkyl halides is 1. The zero-order valence-electron chi connectivity index (χ0n) is 18.8. The smallest absolute Gasteiger partial charge is 0.246 e. The van der Waals surface area contributed by atoms with E-state index in [1.165, 1.54) is 27.7 Å². The molecule has 3 unspecified atom stereocenters. The fourth-order valence-electron chi connectivity index (χ4n) is 4.16. The molecule has 4 rings (SSSR count). The van der Waals surface area contributed by atoms with E-state index in [9.17, 15) is 14.0 Å². The number of carbonyl (C=O) groups is 2. The van der Waals surface area contributed by atoms with Gasteiger partial charge in [-0.15, -0.1) is 0 Å². The number of nitrogens with zero attached hydrogens (tertiary/aromatic N) is 4. The Morgan fingerprint density at radius 1 is 1.00 bits per heavy atom. The van der Waals surface area contributed by atoms with Crippen LogP contribution < -0.4 is 5.32 Å². The van der Waals surface area contributed by atoms with Crippen molar-refractivity contribution < 1.29 is 14.0 Å². The number of amides is 2. The standard InChI is InChI=1S/C25H28FN5O2/c1-17(2)18-8-10-20(11-9-18)24(19-6-4-3-5-7-19)29-25(33)22-14-21(26)15-30(22)23(32)16-31-27-12-13-28-31/h3-13,17,21-22,24H,14-16H2,1-2H3,(H,29,33). The van der Waals surface area contributed by atoms with Crippen LogP contribution >= 0.6 is 0 Å². The van der Waals surface area contributed by atoms with Gasteiger partial charge in [0.05, 0.1) is 25.0 Å². The van der Waals surface area contributed by atoms with E-state index in [0.717, 1.165) is 11.1 Å². The Bertz CT molecular complexity index is 1070. The minimum atomic E-state index is -1.25. The number of benzene rings is 2. The number of hydrogen-bond donors (Lipinski definition) is 1. The molecule has 1 aromatic heterocycles. The van der Waals surface area contributed by atoms with Crippen LogP contribution in [0.15, 0.2) is 67.0 Å². The van der Waals surface area contributed by atoms with Gasteiger partial charge in [-0.05, 0) is 22.6 Å². The lowest BCUT2D eigenvalue weighted by molar-refractivity contribution is -0.139. The molecule has 1 N–H and O–H groups in total. The lowest BCUT2D eigenvalue weighted by Gasteiger charge is -2.27. The second-order valence-electron chi connectivity index (χ2n) is 8.63. The molecule has 7 nitrogen and oxygen atoms in total. The number of aromatic nitrogens is 3. The van der Waals surface area contributed by atoms with Crippen LogP contribution in [0.25, 0.3) is 0 Å². The van der Waals surface area contributed by atoms with Gasteiger partial charge >= 0.3 is 0 Å². The third kappa shape index (κ3) is 5.27. The highest BCUT2D eigenvalue weighted by atomic mass is 19.1. The highest BCUT2D eigenvalue weighted by Crippen LogP contribution is 2.27. The maximum absolute atomic E-state index is 14.3. The number of halogens is 1. The van der Waals surface area contributed by atoms with Crippen molar-refractivity contribution in [2.24, 2.45) is 0 Å². The lowest BCUT2D eigenvalue weighted by atomic mass is 9.95. The van der Waals surface area contributed by atoms with Gasteiger partial charge in [-0.2, -0.15) is 15.0 Å². The molecule has 172 valence electrons. The van der Waals surface area contributed by atoms with Gasteiger partial charge in [0, 0.05) is 6.42 Å². The first-order chi connectivity index (χ1) is 15.9. The SMILES string of the molecule is CC(C)c1ccc(C(NC(=O)C2CC(F)CN2C(=O)Cn2nccn2)c2ccccc2)cc1. The summed E-state index contributed by atoms with van der Waals surface area (Å²) < 4.78 is 14.3. The van der Waals surface area contributed by atoms with Crippen molar-refractivity contribution in [2.45, 2.75) is 51.0 Å². The molecule has 1 aliphatic heterocycles. The van der Waals surface area contributed by atoms with Crippen molar-refractivity contribution in [1.82, 2.24) is 25.2 Å². The van der Waals surface area contributed by atoms with Gasteiger partial charge in [0.25, 0.3) is 0 Å². The number of nitrogens with one attached hydrogen (secondary N) is 1. The highest BCUT2D eigenvalue weighted by molar-refractivity contribution is 5.88. The summed E-state index contributed by atoms with van der Waals surface area (Å²) in [7, 11) is 0. The second kappa shape index (κ2) is 9.94. The first-order valence-electron chi connectivity index (χ1n) is 11.1. The largest absolute Gasteiger partial charge is 0.343 e. The third-order valence-corrected chi connectivity index (χ3v) is 5.97. The van der Waals surface area contributed by atoms with E-state index in [0.29, 0.717) is 5.92 Å². The molecule has 3 aromatic rings. The molecule has 0 radical (unpaired) electrons. The first kappa shape index (κ1) is 22.6. The molecule has 1 aliphatic rings. The fraction of sp³-hybridized carbons (Fsp3) is 0.360. The molecular formula is C25H28FN5O2. The highest BCUT2D eigenvalue weighted by Gasteiger charge is 2.40. The Kier molecular flexibility index (Phi) is 6.82. The Labute approximate surface area is 192 Å². The summed E-state index contributed by atoms with van der Waals surface area (Å²) >= 11 is 0. The average Bonchev–Trinajstić information content (AvgIpc) is 3.47. The van der Waals surface area contributed by atoms with Crippen LogP contribution in [0.1, 0.15) is 48.9 Å². The van der Waals surface area contributed by atoms with E-state index in [-0.39, 0.29) is 31.3 Å². The number of hydrogen-bond acceptors (Lipinski definition) is 4. The minimum absolute atomic E-state index is 0.0299. The van der Waals surface area contributed by atoms with Crippen LogP contribution in [0.4, 0.5) is 4.39 Å². The van der Waals surface area contributed by atoms with Crippen LogP contribution in [0.2, 0.25) is 0 Å². The van der Waals surface area contributed by atoms with Crippen molar-refractivity contribution >= 4 is 11.8 Å². The maximum atomic E-state index is 14.3. The molecule has 2 aromatic carbocycles. The summed E-state index contributed by atoms with van der Waals surface area (Å²) in [5.41, 5.74) is 3.04. The van der Waals surface area contributed by atoms with E-state index in [2.05, 4.69) is 41.5 Å². The second-order valence-corrected chi connectivity index (χ2v) is 8.63. The molecule has 8 heteroatoms. The quantitative estimate of drug-likeness (QED) is 0.601. The molecule has 0 bridgehead atoms. The summed E-state index contributed by atoms with van der Waals surface area (Å²) in [5.74, 6) is -0.365. The van der Waals surface area contributed by atoms with Gasteiger partial charge in [-0.25, -0.2) is 4.39 Å². The first-order valence-corrected chi connectivity index (χ1v) is 11.1. The van der Waals surface area contributed by atoms with Crippen molar-refractivity contribution in [3.8, 4) is 0 Å². The molecule has 33 heavy (non-hydrogen) atoms. The van der Waals surface area contributed by atoms with Crippen molar-refractivity contribution in [2.75, 3.05) is 6.54 Å². The van der Waals surface area contributed by atoms with Gasteiger partial charge < -0.3 is 10.2 Å². The van der Waals surface area contributed by atoms with E-state index < -0.39 is 18.3 Å². The van der Waals surface area contributed by atoms with Gasteiger partial charge in [-0.3, -0.25) is 9.59 Å². The molecule has 0 aliphatic carbocycles. The molecule has 2 heterocycles. The number of rotatable bonds is 7. The zero-order chi connectivity index (χ0) is 23.4. The summed E-state index contributed by atoms with van der Waals surface area (Å²) in [6, 6.07) is 16.5. The predicted molar refractivity (Wildman–Crippen MR) is 122 cm³/mol. The molecule has 0 spiro atoms. The van der Waals surface area contributed by atoms with Gasteiger partial charge in [0.2, 0.25) is 11.8 Å². The molecule has 2 amide bonds. The van der Waals surface area contributed by atoms with E-state index in [1.807, 2.05) is 42.5 Å². The molecule has 3 atom stereocenters. The van der Waals surface area contributed by atoms with E-state index in [4.69, 9.17) is 0 Å². The summed E-state index contributed by atoms with van der Waals surface area (Å²) in [5, 5.41) is 10.9. The summed E-state index contributed by atoms with van der Waals surface area (Å²) in [4.78, 5) is 28.6. The molecule has 1 fully saturated rings. The van der Waals surface area contributed by atoms with Gasteiger partial charge in [0.15, 0.2) is 0 Å². The number of likely N-dealkylation sites (tertiary alicyclic amines) is 1. The normalized spacial score (nSPS) is 19.0. The topological polar surface area (TPSA) is 80.1 Å². The maximum Gasteiger partial charge on any atom is 0.246 e. The van der Waals surface area contributed by atoms with E-state index >= 15 is 0 Å². The summed E-state index contributed by atoms with van der Waals surface area (Å²) in [6.07, 6.45) is 1.65. The van der Waals surface area contributed by atoms with Gasteiger partial charge in [0.1, 0.15) is 18.8 Å². The fourth-order valence-corrected chi connectivity index (χ4v) is 4.16. The Morgan fingerprint density at radius 3 is 2.24 bits per heavy atom. The minimum Gasteiger partial charge on any atom is -0.343 e. The molecule has 1 saturated heterocycles.